The number of carbonyl (C=O) groups excluding carboxylic acids is 2. The number of aliphatic carboxylic acids is 1. The molecular formula is C43H73NO5. The SMILES string of the molecule is CC/C=C\C/C=C\C/C=C\C/C=C\C/C=C\C(CCCCC(=O)NCC(=O)O)OC(=O)CCCCCCCCCCCCCCCCCC. The molecule has 0 spiro atoms. The number of carbonyl (C=O) groups is 3. The molecule has 280 valence electrons. The average Bonchev–Trinajstić information content (AvgIpc) is 3.08. The van der Waals surface area contributed by atoms with E-state index in [-0.39, 0.29) is 30.9 Å². The van der Waals surface area contributed by atoms with Crippen molar-refractivity contribution in [1.29, 1.82) is 0 Å². The normalized spacial score (nSPS) is 12.7. The summed E-state index contributed by atoms with van der Waals surface area (Å²) in [6.45, 7) is 4.05. The van der Waals surface area contributed by atoms with E-state index in [1.165, 1.54) is 89.9 Å². The van der Waals surface area contributed by atoms with Crippen molar-refractivity contribution in [2.45, 2.75) is 187 Å². The first-order valence-electron chi connectivity index (χ1n) is 19.9. The number of carboxylic acid groups (broad SMARTS) is 1. The fourth-order valence-corrected chi connectivity index (χ4v) is 5.52. The lowest BCUT2D eigenvalue weighted by Gasteiger charge is -2.14. The molecule has 0 fully saturated rings. The zero-order valence-electron chi connectivity index (χ0n) is 31.5. The minimum atomic E-state index is -1.05. The Hall–Kier alpha value is -2.89. The lowest BCUT2D eigenvalue weighted by Crippen LogP contribution is -2.28. The van der Waals surface area contributed by atoms with Gasteiger partial charge in [0.25, 0.3) is 0 Å². The van der Waals surface area contributed by atoms with Crippen LogP contribution in [0.5, 0.6) is 0 Å². The first kappa shape index (κ1) is 46.1. The molecule has 0 saturated carbocycles. The molecule has 6 heteroatoms. The average molecular weight is 684 g/mol. The van der Waals surface area contributed by atoms with Crippen molar-refractivity contribution in [3.63, 3.8) is 0 Å². The molecule has 0 rings (SSSR count). The number of hydrogen-bond acceptors (Lipinski definition) is 4. The molecule has 0 aliphatic carbocycles. The minimum Gasteiger partial charge on any atom is -0.480 e. The second-order valence-corrected chi connectivity index (χ2v) is 13.2. The van der Waals surface area contributed by atoms with E-state index in [4.69, 9.17) is 9.84 Å². The smallest absolute Gasteiger partial charge is 0.322 e. The number of carboxylic acids is 1. The molecule has 1 atom stereocenters. The second kappa shape index (κ2) is 37.9. The summed E-state index contributed by atoms with van der Waals surface area (Å²) in [5, 5.41) is 11.1. The molecule has 0 aliphatic heterocycles. The first-order valence-corrected chi connectivity index (χ1v) is 19.9. The number of nitrogens with one attached hydrogen (secondary N) is 1. The van der Waals surface area contributed by atoms with E-state index in [0.717, 1.165) is 44.9 Å². The van der Waals surface area contributed by atoms with Gasteiger partial charge in [0.1, 0.15) is 12.6 Å². The predicted octanol–water partition coefficient (Wildman–Crippen LogP) is 12.1. The van der Waals surface area contributed by atoms with Crippen molar-refractivity contribution < 1.29 is 24.2 Å². The van der Waals surface area contributed by atoms with Gasteiger partial charge in [-0.25, -0.2) is 0 Å². The molecule has 1 unspecified atom stereocenters. The minimum absolute atomic E-state index is 0.157. The van der Waals surface area contributed by atoms with Gasteiger partial charge in [-0.15, -0.1) is 0 Å². The third kappa shape index (κ3) is 37.8. The Morgan fingerprint density at radius 1 is 0.551 bits per heavy atom. The molecule has 0 aliphatic rings. The van der Waals surface area contributed by atoms with E-state index in [1.807, 2.05) is 12.2 Å². The van der Waals surface area contributed by atoms with Gasteiger partial charge in [0, 0.05) is 12.8 Å². The summed E-state index contributed by atoms with van der Waals surface area (Å²) in [4.78, 5) is 35.1. The van der Waals surface area contributed by atoms with Crippen LogP contribution < -0.4 is 5.32 Å². The molecule has 0 bridgehead atoms. The highest BCUT2D eigenvalue weighted by atomic mass is 16.5. The summed E-state index contributed by atoms with van der Waals surface area (Å²) in [5.74, 6) is -1.48. The third-order valence-corrected chi connectivity index (χ3v) is 8.44. The summed E-state index contributed by atoms with van der Waals surface area (Å²) in [5.41, 5.74) is 0. The Balaban J connectivity index is 4.28. The van der Waals surface area contributed by atoms with Crippen molar-refractivity contribution >= 4 is 17.8 Å². The number of esters is 1. The van der Waals surface area contributed by atoms with E-state index in [0.29, 0.717) is 25.7 Å². The summed E-state index contributed by atoms with van der Waals surface area (Å²) < 4.78 is 5.82. The van der Waals surface area contributed by atoms with Gasteiger partial charge in [-0.05, 0) is 63.9 Å². The Kier molecular flexibility index (Phi) is 35.7. The van der Waals surface area contributed by atoms with E-state index >= 15 is 0 Å². The highest BCUT2D eigenvalue weighted by Gasteiger charge is 2.12. The predicted molar refractivity (Wildman–Crippen MR) is 208 cm³/mol. The number of unbranched alkanes of at least 4 members (excludes halogenated alkanes) is 16. The van der Waals surface area contributed by atoms with Crippen LogP contribution in [-0.4, -0.2) is 35.6 Å². The van der Waals surface area contributed by atoms with Crippen LogP contribution in [-0.2, 0) is 19.1 Å². The van der Waals surface area contributed by atoms with Gasteiger partial charge in [-0.2, -0.15) is 0 Å². The fourth-order valence-electron chi connectivity index (χ4n) is 5.52. The van der Waals surface area contributed by atoms with E-state index in [1.54, 1.807) is 0 Å². The summed E-state index contributed by atoms with van der Waals surface area (Å²) in [6.07, 6.45) is 49.2. The summed E-state index contributed by atoms with van der Waals surface area (Å²) >= 11 is 0. The fraction of sp³-hybridized carbons (Fsp3) is 0.698. The van der Waals surface area contributed by atoms with Crippen molar-refractivity contribution in [2.24, 2.45) is 0 Å². The molecule has 6 nitrogen and oxygen atoms in total. The molecule has 0 aromatic rings. The van der Waals surface area contributed by atoms with Gasteiger partial charge >= 0.3 is 11.9 Å². The molecule has 0 heterocycles. The maximum Gasteiger partial charge on any atom is 0.322 e. The standard InChI is InChI=1S/C43H73NO5/c1-3-5-7-9-11-13-15-17-19-20-22-24-26-28-30-32-38-43(48)49-40(36-33-34-37-41(45)44-39-42(46)47)35-31-29-27-25-23-21-18-16-14-12-10-8-6-4-2/h6,8,12,14,18,21,25,27,31,35,40H,3-5,7,9-11,13,15-17,19-20,22-24,26,28-30,32-34,36-39H2,1-2H3,(H,44,45)(H,46,47)/b8-6-,14-12-,21-18-,27-25-,35-31-. The van der Waals surface area contributed by atoms with Gasteiger partial charge in [0.05, 0.1) is 0 Å². The largest absolute Gasteiger partial charge is 0.480 e. The molecule has 0 aromatic heterocycles. The van der Waals surface area contributed by atoms with Crippen molar-refractivity contribution in [3.05, 3.63) is 60.8 Å². The molecule has 0 aromatic carbocycles. The number of ether oxygens (including phenoxy) is 1. The van der Waals surface area contributed by atoms with Crippen LogP contribution in [0.15, 0.2) is 60.8 Å². The number of rotatable bonds is 35. The topological polar surface area (TPSA) is 92.7 Å². The van der Waals surface area contributed by atoms with Crippen LogP contribution in [0.2, 0.25) is 0 Å². The zero-order chi connectivity index (χ0) is 35.9. The van der Waals surface area contributed by atoms with Crippen LogP contribution in [0.4, 0.5) is 0 Å². The lowest BCUT2D eigenvalue weighted by atomic mass is 10.0. The van der Waals surface area contributed by atoms with Crippen molar-refractivity contribution in [1.82, 2.24) is 5.32 Å². The quantitative estimate of drug-likeness (QED) is 0.0394. The maximum atomic E-state index is 12.6. The zero-order valence-corrected chi connectivity index (χ0v) is 31.5. The molecule has 0 saturated heterocycles. The van der Waals surface area contributed by atoms with Crippen molar-refractivity contribution in [3.8, 4) is 0 Å². The second-order valence-electron chi connectivity index (χ2n) is 13.2. The van der Waals surface area contributed by atoms with Crippen LogP contribution in [0.3, 0.4) is 0 Å². The lowest BCUT2D eigenvalue weighted by molar-refractivity contribution is -0.147. The van der Waals surface area contributed by atoms with Crippen LogP contribution >= 0.6 is 0 Å². The highest BCUT2D eigenvalue weighted by Crippen LogP contribution is 2.15. The van der Waals surface area contributed by atoms with E-state index < -0.39 is 5.97 Å². The molecule has 2 N–H and O–H groups in total. The van der Waals surface area contributed by atoms with Crippen LogP contribution in [0, 0.1) is 0 Å². The Morgan fingerprint density at radius 2 is 0.980 bits per heavy atom. The highest BCUT2D eigenvalue weighted by molar-refractivity contribution is 5.80. The monoisotopic (exact) mass is 684 g/mol. The number of amides is 1. The van der Waals surface area contributed by atoms with Gasteiger partial charge in [0.2, 0.25) is 5.91 Å². The van der Waals surface area contributed by atoms with Crippen molar-refractivity contribution in [2.75, 3.05) is 6.54 Å². The molecular weight excluding hydrogens is 610 g/mol. The van der Waals surface area contributed by atoms with Gasteiger partial charge in [0.15, 0.2) is 0 Å². The molecule has 49 heavy (non-hydrogen) atoms. The maximum absolute atomic E-state index is 12.6. The van der Waals surface area contributed by atoms with Crippen LogP contribution in [0.25, 0.3) is 0 Å². The first-order chi connectivity index (χ1) is 24.0. The Labute approximate surface area is 301 Å². The van der Waals surface area contributed by atoms with Gasteiger partial charge in [-0.3, -0.25) is 14.4 Å². The van der Waals surface area contributed by atoms with E-state index in [9.17, 15) is 14.4 Å². The van der Waals surface area contributed by atoms with Crippen LogP contribution in [0.1, 0.15) is 181 Å². The van der Waals surface area contributed by atoms with E-state index in [2.05, 4.69) is 67.8 Å². The summed E-state index contributed by atoms with van der Waals surface area (Å²) in [7, 11) is 0. The van der Waals surface area contributed by atoms with Gasteiger partial charge < -0.3 is 15.2 Å². The third-order valence-electron chi connectivity index (χ3n) is 8.44. The Bertz CT molecular complexity index is 933. The summed E-state index contributed by atoms with van der Waals surface area (Å²) in [6, 6.07) is 0. The molecule has 1 amide bonds. The molecule has 0 radical (unpaired) electrons. The number of allylic oxidation sites excluding steroid dienone is 9. The van der Waals surface area contributed by atoms with Gasteiger partial charge in [-0.1, -0.05) is 165 Å². The number of hydrogen-bond donors (Lipinski definition) is 2. The Morgan fingerprint density at radius 3 is 1.45 bits per heavy atom.